The Morgan fingerprint density at radius 2 is 1.96 bits per heavy atom. The Hall–Kier alpha value is -3.26. The molecule has 0 radical (unpaired) electrons. The average Bonchev–Trinajstić information content (AvgIpc) is 3.38. The molecule has 0 aliphatic rings. The van der Waals surface area contributed by atoms with Gasteiger partial charge in [-0.3, -0.25) is 0 Å². The molecule has 0 bridgehead atoms. The van der Waals surface area contributed by atoms with Crippen molar-refractivity contribution in [2.45, 2.75) is 13.0 Å². The van der Waals surface area contributed by atoms with Crippen molar-refractivity contribution in [2.24, 2.45) is 0 Å². The molecule has 0 saturated heterocycles. The molecular weight excluding hydrogens is 346 g/mol. The van der Waals surface area contributed by atoms with Crippen molar-refractivity contribution in [1.82, 2.24) is 29.2 Å². The van der Waals surface area contributed by atoms with E-state index in [1.54, 1.807) is 20.7 Å². The summed E-state index contributed by atoms with van der Waals surface area (Å²) in [7, 11) is 0. The summed E-state index contributed by atoms with van der Waals surface area (Å²) in [6.45, 7) is 2.07. The highest BCUT2D eigenvalue weighted by Crippen LogP contribution is 2.25. The fraction of sp³-hybridized carbons (Fsp3) is 0.111. The third-order valence-corrected chi connectivity index (χ3v) is 4.93. The molecule has 0 aliphatic heterocycles. The van der Waals surface area contributed by atoms with Crippen LogP contribution in [0.25, 0.3) is 21.9 Å². The van der Waals surface area contributed by atoms with Gasteiger partial charge in [0.25, 0.3) is 0 Å². The smallest absolute Gasteiger partial charge is 0.212 e. The molecule has 1 N–H and O–H groups in total. The van der Waals surface area contributed by atoms with E-state index < -0.39 is 0 Å². The fourth-order valence-corrected chi connectivity index (χ4v) is 3.54. The van der Waals surface area contributed by atoms with Crippen LogP contribution in [0.3, 0.4) is 0 Å². The number of aromatic nitrogens is 6. The van der Waals surface area contributed by atoms with Crippen LogP contribution in [0.5, 0.6) is 0 Å². The predicted molar refractivity (Wildman–Crippen MR) is 101 cm³/mol. The van der Waals surface area contributed by atoms with Gasteiger partial charge < -0.3 is 5.32 Å². The second kappa shape index (κ2) is 5.92. The lowest BCUT2D eigenvalue weighted by Gasteiger charge is -2.15. The Bertz CT molecular complexity index is 1160. The molecule has 5 aromatic rings. The second-order valence-corrected chi connectivity index (χ2v) is 6.80. The van der Waals surface area contributed by atoms with E-state index in [9.17, 15) is 0 Å². The minimum atomic E-state index is 0.00215. The van der Waals surface area contributed by atoms with Crippen molar-refractivity contribution in [3.63, 3.8) is 0 Å². The van der Waals surface area contributed by atoms with Crippen molar-refractivity contribution in [2.75, 3.05) is 5.32 Å². The number of imidazole rings is 1. The van der Waals surface area contributed by atoms with Gasteiger partial charge in [-0.25, -0.2) is 14.5 Å². The van der Waals surface area contributed by atoms with Crippen LogP contribution < -0.4 is 5.32 Å². The number of hydrogen-bond acceptors (Lipinski definition) is 6. The van der Waals surface area contributed by atoms with Gasteiger partial charge >= 0.3 is 0 Å². The molecule has 8 heteroatoms. The van der Waals surface area contributed by atoms with Gasteiger partial charge in [-0.05, 0) is 6.92 Å². The zero-order valence-corrected chi connectivity index (χ0v) is 14.8. The Balaban J connectivity index is 1.55. The number of benzene rings is 1. The number of fused-ring (bicyclic) bond motifs is 2. The summed E-state index contributed by atoms with van der Waals surface area (Å²) >= 11 is 1.52. The fourth-order valence-electron chi connectivity index (χ4n) is 2.93. The monoisotopic (exact) mass is 361 g/mol. The van der Waals surface area contributed by atoms with Gasteiger partial charge in [0.15, 0.2) is 5.65 Å². The molecule has 0 fully saturated rings. The average molecular weight is 361 g/mol. The maximum absolute atomic E-state index is 4.71. The van der Waals surface area contributed by atoms with Gasteiger partial charge in [0.1, 0.15) is 11.3 Å². The number of rotatable bonds is 4. The standard InChI is InChI=1S/C18H15N7S/c1-12(15-10-24-18(23-15)26-11-20-24)21-17-9-14(13-5-3-2-4-6-13)22-16-7-8-19-25(16)17/h2-12,21H,1H3/t12-/m1/s1. The first-order chi connectivity index (χ1) is 12.8. The largest absolute Gasteiger partial charge is 0.362 e. The summed E-state index contributed by atoms with van der Waals surface area (Å²) in [6.07, 6.45) is 3.70. The van der Waals surface area contributed by atoms with Crippen LogP contribution >= 0.6 is 11.3 Å². The van der Waals surface area contributed by atoms with Crippen molar-refractivity contribution < 1.29 is 0 Å². The predicted octanol–water partition coefficient (Wildman–Crippen LogP) is 3.67. The van der Waals surface area contributed by atoms with Gasteiger partial charge in [0, 0.05) is 17.7 Å². The highest BCUT2D eigenvalue weighted by molar-refractivity contribution is 7.14. The van der Waals surface area contributed by atoms with Crippen LogP contribution in [0.2, 0.25) is 0 Å². The number of anilines is 1. The molecule has 128 valence electrons. The number of hydrogen-bond donors (Lipinski definition) is 1. The molecule has 4 aromatic heterocycles. The van der Waals surface area contributed by atoms with Crippen LogP contribution in [0.15, 0.2) is 60.4 Å². The zero-order chi connectivity index (χ0) is 17.5. The summed E-state index contributed by atoms with van der Waals surface area (Å²) < 4.78 is 3.60. The second-order valence-electron chi connectivity index (χ2n) is 5.99. The molecular formula is C18H15N7S. The molecule has 0 unspecified atom stereocenters. The molecule has 0 saturated carbocycles. The number of nitrogens with one attached hydrogen (secondary N) is 1. The van der Waals surface area contributed by atoms with Gasteiger partial charge in [-0.15, -0.1) is 0 Å². The van der Waals surface area contributed by atoms with E-state index in [2.05, 4.69) is 39.6 Å². The van der Waals surface area contributed by atoms with E-state index in [0.29, 0.717) is 0 Å². The molecule has 26 heavy (non-hydrogen) atoms. The Morgan fingerprint density at radius 3 is 2.81 bits per heavy atom. The Kier molecular flexibility index (Phi) is 3.42. The van der Waals surface area contributed by atoms with Gasteiger partial charge in [-0.1, -0.05) is 41.7 Å². The summed E-state index contributed by atoms with van der Waals surface area (Å²) in [5.41, 5.74) is 5.49. The van der Waals surface area contributed by atoms with Crippen molar-refractivity contribution >= 4 is 27.8 Å². The topological polar surface area (TPSA) is 72.4 Å². The maximum atomic E-state index is 4.71. The minimum Gasteiger partial charge on any atom is -0.362 e. The highest BCUT2D eigenvalue weighted by atomic mass is 32.1. The lowest BCUT2D eigenvalue weighted by atomic mass is 10.1. The van der Waals surface area contributed by atoms with Crippen LogP contribution in [-0.4, -0.2) is 29.2 Å². The first-order valence-electron chi connectivity index (χ1n) is 8.23. The SMILES string of the molecule is C[C@@H](Nc1cc(-c2ccccc2)nc2ccnn12)c1cn2ncsc2n1. The maximum Gasteiger partial charge on any atom is 0.212 e. The highest BCUT2D eigenvalue weighted by Gasteiger charge is 2.15. The first kappa shape index (κ1) is 15.0. The molecule has 0 spiro atoms. The lowest BCUT2D eigenvalue weighted by molar-refractivity contribution is 0.816. The minimum absolute atomic E-state index is 0.00215. The molecule has 4 heterocycles. The van der Waals surface area contributed by atoms with E-state index in [4.69, 9.17) is 4.98 Å². The van der Waals surface area contributed by atoms with Gasteiger partial charge in [-0.2, -0.15) is 14.7 Å². The van der Waals surface area contributed by atoms with Crippen LogP contribution in [-0.2, 0) is 0 Å². The normalized spacial score (nSPS) is 12.7. The summed E-state index contributed by atoms with van der Waals surface area (Å²) in [4.78, 5) is 10.2. The van der Waals surface area contributed by atoms with Crippen LogP contribution in [0.4, 0.5) is 5.82 Å². The van der Waals surface area contributed by atoms with E-state index in [1.807, 2.05) is 36.5 Å². The molecule has 0 aliphatic carbocycles. The summed E-state index contributed by atoms with van der Waals surface area (Å²) in [6, 6.07) is 14.1. The zero-order valence-electron chi connectivity index (χ0n) is 13.9. The van der Waals surface area contributed by atoms with E-state index in [0.717, 1.165) is 33.4 Å². The van der Waals surface area contributed by atoms with E-state index in [1.165, 1.54) is 11.3 Å². The summed E-state index contributed by atoms with van der Waals surface area (Å²) in [5, 5.41) is 12.1. The molecule has 1 aromatic carbocycles. The number of nitrogens with zero attached hydrogens (tertiary/aromatic N) is 6. The Labute approximate surface area is 153 Å². The van der Waals surface area contributed by atoms with E-state index >= 15 is 0 Å². The third-order valence-electron chi connectivity index (χ3n) is 4.24. The molecule has 0 amide bonds. The lowest BCUT2D eigenvalue weighted by Crippen LogP contribution is -2.11. The molecule has 7 nitrogen and oxygen atoms in total. The van der Waals surface area contributed by atoms with Crippen LogP contribution in [0, 0.1) is 0 Å². The van der Waals surface area contributed by atoms with Gasteiger partial charge in [0.2, 0.25) is 4.96 Å². The van der Waals surface area contributed by atoms with Crippen molar-refractivity contribution in [1.29, 1.82) is 0 Å². The van der Waals surface area contributed by atoms with Crippen molar-refractivity contribution in [3.05, 3.63) is 66.1 Å². The van der Waals surface area contributed by atoms with Crippen molar-refractivity contribution in [3.8, 4) is 11.3 Å². The molecule has 1 atom stereocenters. The quantitative estimate of drug-likeness (QED) is 0.529. The first-order valence-corrected chi connectivity index (χ1v) is 9.11. The molecule has 5 rings (SSSR count). The van der Waals surface area contributed by atoms with Gasteiger partial charge in [0.05, 0.1) is 29.8 Å². The third kappa shape index (κ3) is 2.51. The summed E-state index contributed by atoms with van der Waals surface area (Å²) in [5.74, 6) is 0.871. The Morgan fingerprint density at radius 1 is 1.08 bits per heavy atom. The van der Waals surface area contributed by atoms with E-state index in [-0.39, 0.29) is 6.04 Å². The van der Waals surface area contributed by atoms with Crippen LogP contribution in [0.1, 0.15) is 18.7 Å².